The van der Waals surface area contributed by atoms with Crippen molar-refractivity contribution < 1.29 is 9.21 Å². The van der Waals surface area contributed by atoms with Gasteiger partial charge in [-0.1, -0.05) is 54.2 Å². The highest BCUT2D eigenvalue weighted by atomic mass is 32.2. The third-order valence-electron chi connectivity index (χ3n) is 5.69. The molecule has 31 heavy (non-hydrogen) atoms. The van der Waals surface area contributed by atoms with E-state index in [1.54, 1.807) is 6.33 Å². The summed E-state index contributed by atoms with van der Waals surface area (Å²) in [5, 5.41) is 1.44. The predicted molar refractivity (Wildman–Crippen MR) is 123 cm³/mol. The summed E-state index contributed by atoms with van der Waals surface area (Å²) in [6, 6.07) is 18.3. The summed E-state index contributed by atoms with van der Waals surface area (Å²) in [6.07, 6.45) is 1.55. The molecule has 1 amide bonds. The van der Waals surface area contributed by atoms with E-state index in [4.69, 9.17) is 4.42 Å². The number of piperazine rings is 1. The summed E-state index contributed by atoms with van der Waals surface area (Å²) in [5.74, 6) is 0.146. The van der Waals surface area contributed by atoms with Crippen molar-refractivity contribution in [2.45, 2.75) is 23.7 Å². The molecule has 0 bridgehead atoms. The van der Waals surface area contributed by atoms with Crippen LogP contribution in [0.1, 0.15) is 12.5 Å². The van der Waals surface area contributed by atoms with Crippen LogP contribution in [0.5, 0.6) is 0 Å². The number of fused-ring (bicyclic) bond motifs is 3. The highest BCUT2D eigenvalue weighted by molar-refractivity contribution is 8.00. The lowest BCUT2D eigenvalue weighted by Crippen LogP contribution is -2.50. The van der Waals surface area contributed by atoms with Gasteiger partial charge in [0.15, 0.2) is 5.58 Å². The van der Waals surface area contributed by atoms with Crippen LogP contribution in [0.3, 0.4) is 0 Å². The fourth-order valence-electron chi connectivity index (χ4n) is 4.03. The third-order valence-corrected chi connectivity index (χ3v) is 6.76. The Morgan fingerprint density at radius 1 is 1.03 bits per heavy atom. The van der Waals surface area contributed by atoms with E-state index >= 15 is 0 Å². The number of furan rings is 1. The first-order chi connectivity index (χ1) is 15.2. The second-order valence-corrected chi connectivity index (χ2v) is 9.13. The molecule has 5 rings (SSSR count). The Hall–Kier alpha value is -2.90. The molecule has 1 aliphatic heterocycles. The molecule has 2 aromatic heterocycles. The van der Waals surface area contributed by atoms with E-state index in [9.17, 15) is 4.79 Å². The number of carbonyl (C=O) groups is 1. The van der Waals surface area contributed by atoms with E-state index in [1.165, 1.54) is 17.3 Å². The van der Waals surface area contributed by atoms with Crippen LogP contribution < -0.4 is 0 Å². The standard InChI is InChI=1S/C24H24N4O2S/c1-17(24(29)28-13-11-27(12-14-28)15-18-7-3-2-4-8-18)31-23-22-21(25-16-26-23)19-9-5-6-10-20(19)30-22/h2-10,16-17H,11-15H2,1H3/t17-/m0/s1. The number of hydrogen-bond donors (Lipinski definition) is 0. The molecule has 1 fully saturated rings. The lowest BCUT2D eigenvalue weighted by molar-refractivity contribution is -0.132. The lowest BCUT2D eigenvalue weighted by atomic mass is 10.2. The quantitative estimate of drug-likeness (QED) is 0.348. The number of carbonyl (C=O) groups excluding carboxylic acids is 1. The van der Waals surface area contributed by atoms with Crippen LogP contribution >= 0.6 is 11.8 Å². The number of rotatable bonds is 5. The molecule has 1 atom stereocenters. The molecule has 0 N–H and O–H groups in total. The van der Waals surface area contributed by atoms with Crippen LogP contribution in [0.4, 0.5) is 0 Å². The van der Waals surface area contributed by atoms with Gasteiger partial charge in [0.1, 0.15) is 22.5 Å². The summed E-state index contributed by atoms with van der Waals surface area (Å²) in [4.78, 5) is 26.3. The molecule has 0 unspecified atom stereocenters. The van der Waals surface area contributed by atoms with Gasteiger partial charge in [-0.25, -0.2) is 9.97 Å². The van der Waals surface area contributed by atoms with Crippen molar-refractivity contribution in [2.24, 2.45) is 0 Å². The Kier molecular flexibility index (Phi) is 5.61. The zero-order valence-corrected chi connectivity index (χ0v) is 18.2. The molecule has 1 aliphatic rings. The molecular formula is C24H24N4O2S. The van der Waals surface area contributed by atoms with Gasteiger partial charge in [0, 0.05) is 38.1 Å². The highest BCUT2D eigenvalue weighted by Gasteiger charge is 2.27. The van der Waals surface area contributed by atoms with Crippen LogP contribution in [-0.4, -0.2) is 57.1 Å². The second-order valence-electron chi connectivity index (χ2n) is 7.80. The van der Waals surface area contributed by atoms with Gasteiger partial charge in [0.25, 0.3) is 0 Å². The normalized spacial score (nSPS) is 16.1. The van der Waals surface area contributed by atoms with Crippen molar-refractivity contribution in [2.75, 3.05) is 26.2 Å². The molecule has 158 valence electrons. The lowest BCUT2D eigenvalue weighted by Gasteiger charge is -2.35. The fourth-order valence-corrected chi connectivity index (χ4v) is 4.97. The van der Waals surface area contributed by atoms with Crippen molar-refractivity contribution in [3.8, 4) is 0 Å². The van der Waals surface area contributed by atoms with Gasteiger partial charge < -0.3 is 9.32 Å². The van der Waals surface area contributed by atoms with Crippen LogP contribution in [0.25, 0.3) is 22.1 Å². The Labute approximate surface area is 185 Å². The van der Waals surface area contributed by atoms with Crippen molar-refractivity contribution in [3.63, 3.8) is 0 Å². The molecule has 2 aromatic carbocycles. The van der Waals surface area contributed by atoms with Crippen molar-refractivity contribution >= 4 is 39.7 Å². The molecular weight excluding hydrogens is 408 g/mol. The number of thioether (sulfide) groups is 1. The van der Waals surface area contributed by atoms with Gasteiger partial charge in [0.2, 0.25) is 5.91 Å². The van der Waals surface area contributed by atoms with Gasteiger partial charge in [-0.2, -0.15) is 0 Å². The number of amides is 1. The van der Waals surface area contributed by atoms with Gasteiger partial charge in [0.05, 0.1) is 5.25 Å². The molecule has 6 nitrogen and oxygen atoms in total. The Morgan fingerprint density at radius 2 is 1.77 bits per heavy atom. The van der Waals surface area contributed by atoms with Gasteiger partial charge in [-0.3, -0.25) is 9.69 Å². The smallest absolute Gasteiger partial charge is 0.235 e. The summed E-state index contributed by atoms with van der Waals surface area (Å²) < 4.78 is 6.00. The average Bonchev–Trinajstić information content (AvgIpc) is 3.20. The van der Waals surface area contributed by atoms with Crippen molar-refractivity contribution in [3.05, 3.63) is 66.5 Å². The number of hydrogen-bond acceptors (Lipinski definition) is 6. The van der Waals surface area contributed by atoms with E-state index < -0.39 is 0 Å². The first-order valence-electron chi connectivity index (χ1n) is 10.5. The van der Waals surface area contributed by atoms with E-state index in [2.05, 4.69) is 39.1 Å². The molecule has 0 radical (unpaired) electrons. The van der Waals surface area contributed by atoms with Crippen LogP contribution in [0.2, 0.25) is 0 Å². The largest absolute Gasteiger partial charge is 0.451 e. The zero-order chi connectivity index (χ0) is 21.2. The maximum absolute atomic E-state index is 13.1. The number of benzene rings is 2. The first-order valence-corrected chi connectivity index (χ1v) is 11.4. The summed E-state index contributed by atoms with van der Waals surface area (Å²) >= 11 is 1.44. The molecule has 7 heteroatoms. The number of aromatic nitrogens is 2. The average molecular weight is 433 g/mol. The van der Waals surface area contributed by atoms with Crippen molar-refractivity contribution in [1.82, 2.24) is 19.8 Å². The van der Waals surface area contributed by atoms with E-state index in [-0.39, 0.29) is 11.2 Å². The minimum absolute atomic E-state index is 0.146. The summed E-state index contributed by atoms with van der Waals surface area (Å²) in [6.45, 7) is 6.15. The van der Waals surface area contributed by atoms with Gasteiger partial charge >= 0.3 is 0 Å². The molecule has 3 heterocycles. The molecule has 0 aliphatic carbocycles. The topological polar surface area (TPSA) is 62.5 Å². The summed E-state index contributed by atoms with van der Waals surface area (Å²) in [7, 11) is 0. The van der Waals surface area contributed by atoms with Gasteiger partial charge in [-0.05, 0) is 24.6 Å². The van der Waals surface area contributed by atoms with Crippen LogP contribution in [0.15, 0.2) is 70.4 Å². The van der Waals surface area contributed by atoms with E-state index in [0.29, 0.717) is 10.6 Å². The van der Waals surface area contributed by atoms with E-state index in [1.807, 2.05) is 42.2 Å². The summed E-state index contributed by atoms with van der Waals surface area (Å²) in [5.41, 5.74) is 3.54. The van der Waals surface area contributed by atoms with Crippen molar-refractivity contribution in [1.29, 1.82) is 0 Å². The van der Waals surface area contributed by atoms with Crippen LogP contribution in [0, 0.1) is 0 Å². The van der Waals surface area contributed by atoms with E-state index in [0.717, 1.165) is 49.2 Å². The maximum atomic E-state index is 13.1. The Morgan fingerprint density at radius 3 is 2.58 bits per heavy atom. The molecule has 0 saturated carbocycles. The zero-order valence-electron chi connectivity index (χ0n) is 17.4. The molecule has 1 saturated heterocycles. The fraction of sp³-hybridized carbons (Fsp3) is 0.292. The Balaban J connectivity index is 1.24. The van der Waals surface area contributed by atoms with Gasteiger partial charge in [-0.15, -0.1) is 0 Å². The SMILES string of the molecule is C[C@H](Sc1ncnc2c1oc1ccccc12)C(=O)N1CCN(Cc2ccccc2)CC1. The maximum Gasteiger partial charge on any atom is 0.235 e. The van der Waals surface area contributed by atoms with Crippen LogP contribution in [-0.2, 0) is 11.3 Å². The molecule has 4 aromatic rings. The first kappa shape index (κ1) is 20.0. The highest BCUT2D eigenvalue weighted by Crippen LogP contribution is 2.34. The number of nitrogens with zero attached hydrogens (tertiary/aromatic N) is 4. The third kappa shape index (κ3) is 4.16. The monoisotopic (exact) mass is 432 g/mol. The minimum Gasteiger partial charge on any atom is -0.451 e. The molecule has 0 spiro atoms. The second kappa shape index (κ2) is 8.69. The predicted octanol–water partition coefficient (Wildman–Crippen LogP) is 4.20. The minimum atomic E-state index is -0.244. The number of para-hydroxylation sites is 1. The Bertz CT molecular complexity index is 1200.